The Kier molecular flexibility index (Phi) is 4.15. The van der Waals surface area contributed by atoms with Crippen LogP contribution in [0, 0.1) is 0 Å². The Morgan fingerprint density at radius 3 is 2.67 bits per heavy atom. The van der Waals surface area contributed by atoms with Crippen molar-refractivity contribution in [2.75, 3.05) is 11.9 Å². The smallest absolute Gasteiger partial charge is 0.135 e. The number of hydrogen-bond acceptors (Lipinski definition) is 4. The van der Waals surface area contributed by atoms with E-state index in [-0.39, 0.29) is 0 Å². The van der Waals surface area contributed by atoms with E-state index in [9.17, 15) is 0 Å². The highest BCUT2D eigenvalue weighted by Gasteiger charge is 2.18. The highest BCUT2D eigenvalue weighted by atomic mass is 15.2. The van der Waals surface area contributed by atoms with Crippen LogP contribution in [0.4, 0.5) is 5.82 Å². The summed E-state index contributed by atoms with van der Waals surface area (Å²) in [6.07, 6.45) is 6.35. The zero-order valence-corrected chi connectivity index (χ0v) is 12.5. The molecule has 0 amide bonds. The van der Waals surface area contributed by atoms with Gasteiger partial charge in [0.05, 0.1) is 0 Å². The second kappa shape index (κ2) is 6.22. The van der Waals surface area contributed by atoms with Gasteiger partial charge in [0.25, 0.3) is 0 Å². The Morgan fingerprint density at radius 2 is 1.86 bits per heavy atom. The van der Waals surface area contributed by atoms with Crippen LogP contribution < -0.4 is 10.6 Å². The predicted octanol–water partition coefficient (Wildman–Crippen LogP) is 2.45. The lowest BCUT2D eigenvalue weighted by Gasteiger charge is -2.25. The predicted molar refractivity (Wildman–Crippen MR) is 85.1 cm³/mol. The van der Waals surface area contributed by atoms with Crippen molar-refractivity contribution in [2.45, 2.75) is 38.8 Å². The molecule has 1 aliphatic carbocycles. The van der Waals surface area contributed by atoms with Gasteiger partial charge in [0, 0.05) is 31.4 Å². The van der Waals surface area contributed by atoms with Crippen molar-refractivity contribution in [3.63, 3.8) is 0 Å². The minimum absolute atomic E-state index is 0.575. The number of nitrogens with two attached hydrogens (primary N) is 1. The molecule has 1 aromatic heterocycles. The minimum Gasteiger partial charge on any atom is -0.355 e. The normalized spacial score (nSPS) is 13.8. The molecule has 3 rings (SSSR count). The van der Waals surface area contributed by atoms with Crippen LogP contribution in [0.3, 0.4) is 0 Å². The fraction of sp³-hybridized carbons (Fsp3) is 0.412. The van der Waals surface area contributed by atoms with Gasteiger partial charge in [-0.3, -0.25) is 0 Å². The van der Waals surface area contributed by atoms with Crippen LogP contribution >= 0.6 is 0 Å². The van der Waals surface area contributed by atoms with Gasteiger partial charge in [-0.05, 0) is 36.8 Å². The van der Waals surface area contributed by atoms with Crippen molar-refractivity contribution in [1.82, 2.24) is 9.97 Å². The first-order valence-electron chi connectivity index (χ1n) is 7.60. The van der Waals surface area contributed by atoms with Gasteiger partial charge in [-0.2, -0.15) is 0 Å². The molecule has 110 valence electrons. The molecule has 0 atom stereocenters. The lowest BCUT2D eigenvalue weighted by molar-refractivity contribution is 0.657. The van der Waals surface area contributed by atoms with Gasteiger partial charge >= 0.3 is 0 Å². The van der Waals surface area contributed by atoms with Crippen LogP contribution in [0.2, 0.25) is 0 Å². The van der Waals surface area contributed by atoms with E-state index in [2.05, 4.69) is 40.1 Å². The third-order valence-electron chi connectivity index (χ3n) is 4.21. The lowest BCUT2D eigenvalue weighted by Crippen LogP contribution is -2.22. The number of aryl methyl sites for hydroxylation is 1. The average Bonchev–Trinajstić information content (AvgIpc) is 2.54. The molecule has 0 unspecified atom stereocenters. The summed E-state index contributed by atoms with van der Waals surface area (Å²) in [6.45, 7) is 1.41. The van der Waals surface area contributed by atoms with E-state index in [0.29, 0.717) is 6.54 Å². The van der Waals surface area contributed by atoms with Crippen LogP contribution in [-0.4, -0.2) is 17.0 Å². The van der Waals surface area contributed by atoms with Crippen LogP contribution in [0.5, 0.6) is 0 Å². The second-order valence-corrected chi connectivity index (χ2v) is 5.66. The average molecular weight is 282 g/mol. The first kappa shape index (κ1) is 14.0. The van der Waals surface area contributed by atoms with Crippen molar-refractivity contribution in [1.29, 1.82) is 0 Å². The third-order valence-corrected chi connectivity index (χ3v) is 4.21. The Morgan fingerprint density at radius 1 is 1.10 bits per heavy atom. The SMILES string of the molecule is CN(Cc1ccccc1CN)c1ncnc2c1CCCC2. The van der Waals surface area contributed by atoms with E-state index in [0.717, 1.165) is 25.2 Å². The maximum Gasteiger partial charge on any atom is 0.135 e. The van der Waals surface area contributed by atoms with Crippen molar-refractivity contribution >= 4 is 5.82 Å². The molecule has 0 saturated heterocycles. The molecule has 0 saturated carbocycles. The summed E-state index contributed by atoms with van der Waals surface area (Å²) in [5.41, 5.74) is 10.9. The van der Waals surface area contributed by atoms with Gasteiger partial charge in [-0.1, -0.05) is 24.3 Å². The summed E-state index contributed by atoms with van der Waals surface area (Å²) < 4.78 is 0. The molecule has 2 N–H and O–H groups in total. The van der Waals surface area contributed by atoms with Gasteiger partial charge in [0.2, 0.25) is 0 Å². The quantitative estimate of drug-likeness (QED) is 0.936. The number of benzene rings is 1. The summed E-state index contributed by atoms with van der Waals surface area (Å²) in [7, 11) is 2.10. The van der Waals surface area contributed by atoms with Crippen molar-refractivity contribution in [3.05, 3.63) is 53.0 Å². The monoisotopic (exact) mass is 282 g/mol. The molecule has 4 nitrogen and oxygen atoms in total. The zero-order valence-electron chi connectivity index (χ0n) is 12.5. The largest absolute Gasteiger partial charge is 0.355 e. The molecule has 0 spiro atoms. The number of hydrogen-bond donors (Lipinski definition) is 1. The Balaban J connectivity index is 1.87. The summed E-state index contributed by atoms with van der Waals surface area (Å²) in [5.74, 6) is 1.08. The van der Waals surface area contributed by atoms with Gasteiger partial charge in [0.15, 0.2) is 0 Å². The first-order valence-corrected chi connectivity index (χ1v) is 7.60. The molecule has 0 bridgehead atoms. The van der Waals surface area contributed by atoms with Crippen LogP contribution in [0.25, 0.3) is 0 Å². The first-order chi connectivity index (χ1) is 10.3. The number of rotatable bonds is 4. The van der Waals surface area contributed by atoms with E-state index < -0.39 is 0 Å². The topological polar surface area (TPSA) is 55.0 Å². The third kappa shape index (κ3) is 2.90. The molecule has 0 aliphatic heterocycles. The maximum absolute atomic E-state index is 5.83. The van der Waals surface area contributed by atoms with Crippen molar-refractivity contribution in [2.24, 2.45) is 5.73 Å². The van der Waals surface area contributed by atoms with E-state index in [1.807, 2.05) is 6.07 Å². The van der Waals surface area contributed by atoms with Gasteiger partial charge in [-0.25, -0.2) is 9.97 Å². The van der Waals surface area contributed by atoms with E-state index in [4.69, 9.17) is 5.73 Å². The van der Waals surface area contributed by atoms with Crippen LogP contribution in [0.15, 0.2) is 30.6 Å². The molecule has 1 heterocycles. The molecular weight excluding hydrogens is 260 g/mol. The van der Waals surface area contributed by atoms with E-state index >= 15 is 0 Å². The molecule has 1 aliphatic rings. The molecular formula is C17H22N4. The standard InChI is InChI=1S/C17H22N4/c1-21(11-14-7-3-2-6-13(14)10-18)17-15-8-4-5-9-16(15)19-12-20-17/h2-3,6-7,12H,4-5,8-11,18H2,1H3. The number of anilines is 1. The van der Waals surface area contributed by atoms with Gasteiger partial charge in [-0.15, -0.1) is 0 Å². The Labute approximate surface area is 126 Å². The highest BCUT2D eigenvalue weighted by molar-refractivity contribution is 5.49. The van der Waals surface area contributed by atoms with Gasteiger partial charge < -0.3 is 10.6 Å². The number of fused-ring (bicyclic) bond motifs is 1. The van der Waals surface area contributed by atoms with Crippen LogP contribution in [0.1, 0.15) is 35.2 Å². The summed E-state index contributed by atoms with van der Waals surface area (Å²) in [5, 5.41) is 0. The number of nitrogens with zero attached hydrogens (tertiary/aromatic N) is 3. The van der Waals surface area contributed by atoms with Crippen molar-refractivity contribution < 1.29 is 0 Å². The Bertz CT molecular complexity index is 624. The fourth-order valence-corrected chi connectivity index (χ4v) is 3.07. The molecule has 0 fully saturated rings. The molecule has 4 heteroatoms. The van der Waals surface area contributed by atoms with E-state index in [1.165, 1.54) is 35.2 Å². The van der Waals surface area contributed by atoms with E-state index in [1.54, 1.807) is 6.33 Å². The number of aromatic nitrogens is 2. The highest BCUT2D eigenvalue weighted by Crippen LogP contribution is 2.27. The maximum atomic E-state index is 5.83. The molecule has 0 radical (unpaired) electrons. The Hall–Kier alpha value is -1.94. The lowest BCUT2D eigenvalue weighted by atomic mass is 9.96. The van der Waals surface area contributed by atoms with Gasteiger partial charge in [0.1, 0.15) is 12.1 Å². The fourth-order valence-electron chi connectivity index (χ4n) is 3.07. The van der Waals surface area contributed by atoms with Crippen LogP contribution in [-0.2, 0) is 25.9 Å². The minimum atomic E-state index is 0.575. The molecule has 21 heavy (non-hydrogen) atoms. The summed E-state index contributed by atoms with van der Waals surface area (Å²) in [4.78, 5) is 11.2. The molecule has 1 aromatic carbocycles. The summed E-state index contributed by atoms with van der Waals surface area (Å²) >= 11 is 0. The molecule has 2 aromatic rings. The summed E-state index contributed by atoms with van der Waals surface area (Å²) in [6, 6.07) is 8.35. The van der Waals surface area contributed by atoms with Crippen molar-refractivity contribution in [3.8, 4) is 0 Å². The zero-order chi connectivity index (χ0) is 14.7. The second-order valence-electron chi connectivity index (χ2n) is 5.66.